The van der Waals surface area contributed by atoms with Crippen molar-refractivity contribution in [2.24, 2.45) is 0 Å². The molecule has 0 bridgehead atoms. The quantitative estimate of drug-likeness (QED) is 0.710. The van der Waals surface area contributed by atoms with Crippen molar-refractivity contribution in [1.29, 1.82) is 0 Å². The Bertz CT molecular complexity index is 766. The molecule has 2 heterocycles. The van der Waals surface area contributed by atoms with E-state index in [4.69, 9.17) is 0 Å². The number of nitrogens with zero attached hydrogens (tertiary/aromatic N) is 2. The van der Waals surface area contributed by atoms with Crippen LogP contribution < -0.4 is 4.72 Å². The highest BCUT2D eigenvalue weighted by Gasteiger charge is 2.07. The van der Waals surface area contributed by atoms with Gasteiger partial charge in [-0.1, -0.05) is 31.0 Å². The first kappa shape index (κ1) is 12.6. The predicted octanol–water partition coefficient (Wildman–Crippen LogP) is 2.87. The highest BCUT2D eigenvalue weighted by molar-refractivity contribution is 7.78. The van der Waals surface area contributed by atoms with E-state index in [0.717, 1.165) is 22.0 Å². The molecule has 4 nitrogen and oxygen atoms in total. The summed E-state index contributed by atoms with van der Waals surface area (Å²) in [7, 11) is 0. The first-order valence-electron chi connectivity index (χ1n) is 6.03. The van der Waals surface area contributed by atoms with Gasteiger partial charge in [0, 0.05) is 29.5 Å². The van der Waals surface area contributed by atoms with Gasteiger partial charge in [0.05, 0.1) is 11.3 Å². The number of thiol groups is 1. The summed E-state index contributed by atoms with van der Waals surface area (Å²) in [6.45, 7) is 0. The van der Waals surface area contributed by atoms with Crippen LogP contribution in [0, 0.1) is 0 Å². The molecule has 0 saturated heterocycles. The predicted molar refractivity (Wildman–Crippen MR) is 81.4 cm³/mol. The third kappa shape index (κ3) is 2.23. The molecule has 0 aliphatic rings. The summed E-state index contributed by atoms with van der Waals surface area (Å²) in [4.78, 5) is 19.9. The fourth-order valence-electron chi connectivity index (χ4n) is 2.10. The zero-order valence-electron chi connectivity index (χ0n) is 10.4. The highest BCUT2D eigenvalue weighted by atomic mass is 32.1. The number of carbonyl (C=O) groups is 1. The fraction of sp³-hybridized carbons (Fsp3) is 0. The Morgan fingerprint density at radius 3 is 2.75 bits per heavy atom. The number of pyridine rings is 2. The Kier molecular flexibility index (Phi) is 3.35. The Hall–Kier alpha value is -2.40. The van der Waals surface area contributed by atoms with Crippen molar-refractivity contribution in [2.45, 2.75) is 0 Å². The molecule has 0 aliphatic carbocycles. The third-order valence-electron chi connectivity index (χ3n) is 3.08. The number of hydrogen-bond acceptors (Lipinski definition) is 4. The molecule has 0 atom stereocenters. The summed E-state index contributed by atoms with van der Waals surface area (Å²) >= 11 is 3.74. The van der Waals surface area contributed by atoms with Crippen molar-refractivity contribution in [3.05, 3.63) is 60.6 Å². The molecule has 5 heteroatoms. The fourth-order valence-corrected chi connectivity index (χ4v) is 2.23. The van der Waals surface area contributed by atoms with E-state index in [1.54, 1.807) is 18.5 Å². The van der Waals surface area contributed by atoms with Gasteiger partial charge in [-0.2, -0.15) is 0 Å². The molecular weight excluding hydrogens is 270 g/mol. The summed E-state index contributed by atoms with van der Waals surface area (Å²) in [5.41, 5.74) is 2.31. The Balaban J connectivity index is 2.09. The SMILES string of the molecule is O=C(NS)c1ccc(-c2cccc3cnccc23)nc1. The van der Waals surface area contributed by atoms with Crippen molar-refractivity contribution in [1.82, 2.24) is 14.7 Å². The van der Waals surface area contributed by atoms with Crippen molar-refractivity contribution in [3.8, 4) is 11.3 Å². The molecule has 0 aliphatic heterocycles. The maximum Gasteiger partial charge on any atom is 0.262 e. The van der Waals surface area contributed by atoms with Gasteiger partial charge in [-0.05, 0) is 23.6 Å². The van der Waals surface area contributed by atoms with E-state index < -0.39 is 0 Å². The van der Waals surface area contributed by atoms with Crippen LogP contribution in [-0.4, -0.2) is 15.9 Å². The number of carbonyl (C=O) groups excluding carboxylic acids is 1. The van der Waals surface area contributed by atoms with Crippen molar-refractivity contribution in [3.63, 3.8) is 0 Å². The average Bonchev–Trinajstić information content (AvgIpc) is 2.54. The minimum absolute atomic E-state index is 0.269. The summed E-state index contributed by atoms with van der Waals surface area (Å²) in [6, 6.07) is 11.5. The lowest BCUT2D eigenvalue weighted by Crippen LogP contribution is -2.12. The number of hydrogen-bond donors (Lipinski definition) is 2. The second kappa shape index (κ2) is 5.30. The van der Waals surface area contributed by atoms with Gasteiger partial charge in [0.1, 0.15) is 0 Å². The monoisotopic (exact) mass is 281 g/mol. The van der Waals surface area contributed by atoms with Gasteiger partial charge in [0.2, 0.25) is 0 Å². The molecule has 0 unspecified atom stereocenters. The molecule has 0 spiro atoms. The van der Waals surface area contributed by atoms with Gasteiger partial charge in [0.25, 0.3) is 5.91 Å². The molecule has 1 N–H and O–H groups in total. The maximum atomic E-state index is 11.4. The molecule has 98 valence electrons. The smallest absolute Gasteiger partial charge is 0.262 e. The summed E-state index contributed by atoms with van der Waals surface area (Å²) in [5, 5.41) is 2.14. The van der Waals surface area contributed by atoms with Crippen molar-refractivity contribution in [2.75, 3.05) is 0 Å². The van der Waals surface area contributed by atoms with E-state index in [1.165, 1.54) is 0 Å². The van der Waals surface area contributed by atoms with Gasteiger partial charge in [-0.15, -0.1) is 0 Å². The van der Waals surface area contributed by atoms with Crippen molar-refractivity contribution < 1.29 is 4.79 Å². The average molecular weight is 281 g/mol. The maximum absolute atomic E-state index is 11.4. The molecule has 3 aromatic rings. The van der Waals surface area contributed by atoms with Gasteiger partial charge >= 0.3 is 0 Å². The number of nitrogens with one attached hydrogen (secondary N) is 1. The number of amides is 1. The van der Waals surface area contributed by atoms with Crippen LogP contribution in [0.4, 0.5) is 0 Å². The van der Waals surface area contributed by atoms with E-state index in [2.05, 4.69) is 27.5 Å². The first-order chi connectivity index (χ1) is 9.79. The molecule has 2 aromatic heterocycles. The van der Waals surface area contributed by atoms with Crippen LogP contribution in [0.25, 0.3) is 22.0 Å². The Labute approximate surface area is 121 Å². The zero-order chi connectivity index (χ0) is 13.9. The van der Waals surface area contributed by atoms with E-state index >= 15 is 0 Å². The van der Waals surface area contributed by atoms with Crippen LogP contribution in [0.2, 0.25) is 0 Å². The Morgan fingerprint density at radius 2 is 2.00 bits per heavy atom. The van der Waals surface area contributed by atoms with Gasteiger partial charge in [-0.3, -0.25) is 19.5 Å². The summed E-state index contributed by atoms with van der Waals surface area (Å²) in [6.07, 6.45) is 5.12. The largest absolute Gasteiger partial charge is 0.299 e. The number of fused-ring (bicyclic) bond motifs is 1. The topological polar surface area (TPSA) is 54.9 Å². The molecule has 1 aromatic carbocycles. The highest BCUT2D eigenvalue weighted by Crippen LogP contribution is 2.26. The van der Waals surface area contributed by atoms with Crippen LogP contribution in [0.5, 0.6) is 0 Å². The second-order valence-corrected chi connectivity index (χ2v) is 4.50. The van der Waals surface area contributed by atoms with Gasteiger partial charge in [0.15, 0.2) is 0 Å². The molecule has 0 radical (unpaired) electrons. The lowest BCUT2D eigenvalue weighted by atomic mass is 10.0. The van der Waals surface area contributed by atoms with Crippen LogP contribution in [0.3, 0.4) is 0 Å². The number of aromatic nitrogens is 2. The second-order valence-electron chi connectivity index (χ2n) is 4.28. The normalized spacial score (nSPS) is 10.4. The van der Waals surface area contributed by atoms with E-state index in [-0.39, 0.29) is 5.91 Å². The summed E-state index contributed by atoms with van der Waals surface area (Å²) in [5.74, 6) is -0.269. The van der Waals surface area contributed by atoms with Crippen LogP contribution in [0.15, 0.2) is 55.0 Å². The Morgan fingerprint density at radius 1 is 1.10 bits per heavy atom. The summed E-state index contributed by atoms with van der Waals surface area (Å²) < 4.78 is 2.28. The standard InChI is InChI=1S/C15H11N3OS/c19-15(18-20)11-4-5-14(17-9-11)13-3-1-2-10-8-16-7-6-12(10)13/h1-9,20H,(H,18,19). The lowest BCUT2D eigenvalue weighted by molar-refractivity contribution is 0.0984. The van der Waals surface area contributed by atoms with Gasteiger partial charge < -0.3 is 0 Å². The molecule has 20 heavy (non-hydrogen) atoms. The lowest BCUT2D eigenvalue weighted by Gasteiger charge is -2.06. The van der Waals surface area contributed by atoms with E-state index in [0.29, 0.717) is 5.56 Å². The number of rotatable bonds is 2. The molecule has 0 saturated carbocycles. The molecule has 0 fully saturated rings. The van der Waals surface area contributed by atoms with Crippen molar-refractivity contribution >= 4 is 29.5 Å². The third-order valence-corrected chi connectivity index (χ3v) is 3.29. The first-order valence-corrected chi connectivity index (χ1v) is 6.48. The van der Waals surface area contributed by atoms with Crippen LogP contribution >= 0.6 is 12.8 Å². The molecular formula is C15H11N3OS. The van der Waals surface area contributed by atoms with Crippen LogP contribution in [0.1, 0.15) is 10.4 Å². The minimum Gasteiger partial charge on any atom is -0.299 e. The zero-order valence-corrected chi connectivity index (χ0v) is 11.3. The molecule has 3 rings (SSSR count). The van der Waals surface area contributed by atoms with Crippen LogP contribution in [-0.2, 0) is 0 Å². The van der Waals surface area contributed by atoms with E-state index in [9.17, 15) is 4.79 Å². The van der Waals surface area contributed by atoms with E-state index in [1.807, 2.05) is 36.5 Å². The number of benzene rings is 1. The minimum atomic E-state index is -0.269. The molecule has 1 amide bonds. The van der Waals surface area contributed by atoms with Gasteiger partial charge in [-0.25, -0.2) is 0 Å².